The highest BCUT2D eigenvalue weighted by molar-refractivity contribution is 5.95. The number of furan rings is 1. The molecule has 3 aromatic rings. The molecule has 8 heteroatoms. The third-order valence-electron chi connectivity index (χ3n) is 4.91. The fourth-order valence-corrected chi connectivity index (χ4v) is 3.50. The van der Waals surface area contributed by atoms with Gasteiger partial charge >= 0.3 is 0 Å². The lowest BCUT2D eigenvalue weighted by atomic mass is 10.2. The van der Waals surface area contributed by atoms with E-state index in [0.29, 0.717) is 49.1 Å². The molecular weight excluding hydrogens is 368 g/mol. The highest BCUT2D eigenvalue weighted by Crippen LogP contribution is 2.22. The van der Waals surface area contributed by atoms with Crippen molar-refractivity contribution in [2.75, 3.05) is 36.4 Å². The molecule has 0 radical (unpaired) electrons. The van der Waals surface area contributed by atoms with E-state index in [0.717, 1.165) is 17.4 Å². The number of aromatic nitrogens is 3. The van der Waals surface area contributed by atoms with Crippen molar-refractivity contribution in [3.63, 3.8) is 0 Å². The van der Waals surface area contributed by atoms with Gasteiger partial charge < -0.3 is 19.5 Å². The van der Waals surface area contributed by atoms with E-state index in [-0.39, 0.29) is 5.91 Å². The molecule has 0 aromatic carbocycles. The topological polar surface area (TPSA) is 87.4 Å². The Morgan fingerprint density at radius 2 is 1.83 bits per heavy atom. The second-order valence-corrected chi connectivity index (χ2v) is 7.10. The predicted molar refractivity (Wildman–Crippen MR) is 111 cm³/mol. The van der Waals surface area contributed by atoms with E-state index in [1.165, 1.54) is 0 Å². The van der Waals surface area contributed by atoms with Crippen molar-refractivity contribution >= 4 is 23.4 Å². The summed E-state index contributed by atoms with van der Waals surface area (Å²) in [6.45, 7) is 8.24. The number of anilines is 3. The summed E-state index contributed by atoms with van der Waals surface area (Å²) in [5.41, 5.74) is 0.649. The molecule has 0 unspecified atom stereocenters. The molecule has 0 spiro atoms. The molecule has 3 aromatic heterocycles. The lowest BCUT2D eigenvalue weighted by Gasteiger charge is -2.35. The van der Waals surface area contributed by atoms with Gasteiger partial charge in [-0.1, -0.05) is 6.07 Å². The summed E-state index contributed by atoms with van der Waals surface area (Å²) in [7, 11) is 0. The lowest BCUT2D eigenvalue weighted by Crippen LogP contribution is -2.49. The highest BCUT2D eigenvalue weighted by atomic mass is 16.3. The van der Waals surface area contributed by atoms with Crippen LogP contribution in [0.15, 0.2) is 40.9 Å². The van der Waals surface area contributed by atoms with Gasteiger partial charge in [0.05, 0.1) is 5.56 Å². The van der Waals surface area contributed by atoms with Gasteiger partial charge in [-0.3, -0.25) is 4.79 Å². The minimum absolute atomic E-state index is 0.0235. The predicted octanol–water partition coefficient (Wildman–Crippen LogP) is 3.10. The van der Waals surface area contributed by atoms with Gasteiger partial charge in [0, 0.05) is 38.4 Å². The number of hydrogen-bond acceptors (Lipinski definition) is 7. The first-order valence-electron chi connectivity index (χ1n) is 9.64. The number of carbonyl (C=O) groups is 1. The third-order valence-corrected chi connectivity index (χ3v) is 4.91. The molecule has 1 saturated heterocycles. The molecule has 1 fully saturated rings. The fraction of sp³-hybridized carbons (Fsp3) is 0.333. The first kappa shape index (κ1) is 18.9. The maximum Gasteiger partial charge on any atom is 0.257 e. The van der Waals surface area contributed by atoms with Crippen molar-refractivity contribution in [3.8, 4) is 0 Å². The van der Waals surface area contributed by atoms with Gasteiger partial charge in [0.2, 0.25) is 0 Å². The second-order valence-electron chi connectivity index (χ2n) is 7.10. The van der Waals surface area contributed by atoms with Crippen LogP contribution < -0.4 is 10.2 Å². The number of pyridine rings is 1. The van der Waals surface area contributed by atoms with Crippen molar-refractivity contribution in [3.05, 3.63) is 59.4 Å². The molecule has 29 heavy (non-hydrogen) atoms. The van der Waals surface area contributed by atoms with Gasteiger partial charge in [0.15, 0.2) is 0 Å². The number of nitrogens with one attached hydrogen (secondary N) is 1. The number of rotatable bonds is 4. The van der Waals surface area contributed by atoms with Crippen LogP contribution in [-0.2, 0) is 0 Å². The zero-order chi connectivity index (χ0) is 20.4. The maximum atomic E-state index is 12.8. The quantitative estimate of drug-likeness (QED) is 0.730. The Hall–Kier alpha value is -3.42. The molecule has 4 rings (SSSR count). The maximum absolute atomic E-state index is 12.8. The molecule has 0 saturated carbocycles. The average molecular weight is 392 g/mol. The second kappa shape index (κ2) is 7.90. The number of aryl methyl sites for hydroxylation is 3. The smallest absolute Gasteiger partial charge is 0.257 e. The van der Waals surface area contributed by atoms with Gasteiger partial charge in [0.25, 0.3) is 5.91 Å². The lowest BCUT2D eigenvalue weighted by molar-refractivity contribution is 0.0744. The molecule has 150 valence electrons. The standard InChI is InChI=1S/C21H24N6O2/c1-14-12-17(15(2)29-14)21(28)27-10-8-26(9-11-27)20-13-19(23-16(3)24-20)25-18-6-4-5-7-22-18/h4-7,12-13H,8-11H2,1-3H3,(H,22,23,24,25). The normalized spacial score (nSPS) is 14.2. The van der Waals surface area contributed by atoms with E-state index >= 15 is 0 Å². The van der Waals surface area contributed by atoms with Crippen LogP contribution in [0.5, 0.6) is 0 Å². The highest BCUT2D eigenvalue weighted by Gasteiger charge is 2.25. The van der Waals surface area contributed by atoms with Crippen LogP contribution in [0.3, 0.4) is 0 Å². The van der Waals surface area contributed by atoms with Gasteiger partial charge in [-0.2, -0.15) is 0 Å². The Bertz CT molecular complexity index is 1010. The van der Waals surface area contributed by atoms with E-state index in [2.05, 4.69) is 25.2 Å². The molecule has 8 nitrogen and oxygen atoms in total. The Kier molecular flexibility index (Phi) is 5.16. The summed E-state index contributed by atoms with van der Waals surface area (Å²) in [6, 6.07) is 9.41. The Labute approximate surface area is 169 Å². The number of nitrogens with zero attached hydrogens (tertiary/aromatic N) is 5. The summed E-state index contributed by atoms with van der Waals surface area (Å²) in [4.78, 5) is 30.2. The molecule has 0 aliphatic carbocycles. The van der Waals surface area contributed by atoms with Crippen LogP contribution in [0, 0.1) is 20.8 Å². The van der Waals surface area contributed by atoms with E-state index in [9.17, 15) is 4.79 Å². The van der Waals surface area contributed by atoms with Crippen molar-refractivity contribution < 1.29 is 9.21 Å². The average Bonchev–Trinajstić information content (AvgIpc) is 3.06. The number of carbonyl (C=O) groups excluding carboxylic acids is 1. The van der Waals surface area contributed by atoms with Crippen LogP contribution >= 0.6 is 0 Å². The van der Waals surface area contributed by atoms with Gasteiger partial charge in [0.1, 0.15) is 34.8 Å². The molecule has 1 aliphatic rings. The van der Waals surface area contributed by atoms with E-state index in [1.54, 1.807) is 6.20 Å². The summed E-state index contributed by atoms with van der Waals surface area (Å²) < 4.78 is 5.51. The molecule has 0 bridgehead atoms. The summed E-state index contributed by atoms with van der Waals surface area (Å²) >= 11 is 0. The van der Waals surface area contributed by atoms with Crippen LogP contribution in [-0.4, -0.2) is 51.9 Å². The fourth-order valence-electron chi connectivity index (χ4n) is 3.50. The summed E-state index contributed by atoms with van der Waals surface area (Å²) in [5.74, 6) is 4.42. The minimum atomic E-state index is 0.0235. The largest absolute Gasteiger partial charge is 0.466 e. The molecule has 1 aliphatic heterocycles. The Balaban J connectivity index is 1.44. The van der Waals surface area contributed by atoms with Crippen molar-refractivity contribution in [1.29, 1.82) is 0 Å². The molecule has 0 atom stereocenters. The van der Waals surface area contributed by atoms with Crippen molar-refractivity contribution in [1.82, 2.24) is 19.9 Å². The third kappa shape index (κ3) is 4.21. The number of amides is 1. The van der Waals surface area contributed by atoms with Gasteiger partial charge in [-0.05, 0) is 39.0 Å². The molecule has 1 amide bonds. The van der Waals surface area contributed by atoms with Crippen molar-refractivity contribution in [2.45, 2.75) is 20.8 Å². The number of piperazine rings is 1. The molecular formula is C21H24N6O2. The van der Waals surface area contributed by atoms with Crippen molar-refractivity contribution in [2.24, 2.45) is 0 Å². The number of hydrogen-bond donors (Lipinski definition) is 1. The summed E-state index contributed by atoms with van der Waals surface area (Å²) in [5, 5.41) is 3.22. The first-order chi connectivity index (χ1) is 14.0. The van der Waals surface area contributed by atoms with E-state index in [1.807, 2.05) is 56.0 Å². The zero-order valence-electron chi connectivity index (χ0n) is 16.8. The summed E-state index contributed by atoms with van der Waals surface area (Å²) in [6.07, 6.45) is 1.73. The first-order valence-corrected chi connectivity index (χ1v) is 9.64. The van der Waals surface area contributed by atoms with Crippen LogP contribution in [0.1, 0.15) is 27.7 Å². The minimum Gasteiger partial charge on any atom is -0.466 e. The zero-order valence-corrected chi connectivity index (χ0v) is 16.8. The SMILES string of the molecule is Cc1nc(Nc2ccccn2)cc(N2CCN(C(=O)c3cc(C)oc3C)CC2)n1. The van der Waals surface area contributed by atoms with Crippen LogP contribution in [0.4, 0.5) is 17.5 Å². The Morgan fingerprint density at radius 1 is 1.03 bits per heavy atom. The van der Waals surface area contributed by atoms with E-state index < -0.39 is 0 Å². The van der Waals surface area contributed by atoms with Crippen LogP contribution in [0.25, 0.3) is 0 Å². The van der Waals surface area contributed by atoms with E-state index in [4.69, 9.17) is 4.42 Å². The molecule has 4 heterocycles. The van der Waals surface area contributed by atoms with Gasteiger partial charge in [-0.15, -0.1) is 0 Å². The molecule has 1 N–H and O–H groups in total. The van der Waals surface area contributed by atoms with Gasteiger partial charge in [-0.25, -0.2) is 15.0 Å². The van der Waals surface area contributed by atoms with Crippen LogP contribution in [0.2, 0.25) is 0 Å². The Morgan fingerprint density at radius 3 is 2.48 bits per heavy atom. The monoisotopic (exact) mass is 392 g/mol.